The quantitative estimate of drug-likeness (QED) is 0.809. The SMILES string of the molecule is CC[C@@H](N[C@H](C)C(=O)Nc1cccc(C#N)c1)c1ccc(OC)cc1. The van der Waals surface area contributed by atoms with E-state index in [1.165, 1.54) is 0 Å². The summed E-state index contributed by atoms with van der Waals surface area (Å²) in [7, 11) is 1.64. The van der Waals surface area contributed by atoms with Crippen molar-refractivity contribution >= 4 is 11.6 Å². The van der Waals surface area contributed by atoms with Crippen molar-refractivity contribution in [3.63, 3.8) is 0 Å². The molecule has 1 amide bonds. The molecule has 0 aliphatic rings. The largest absolute Gasteiger partial charge is 0.497 e. The van der Waals surface area contributed by atoms with Gasteiger partial charge in [-0.2, -0.15) is 5.26 Å². The number of ether oxygens (including phenoxy) is 1. The molecule has 0 heterocycles. The van der Waals surface area contributed by atoms with Gasteiger partial charge in [-0.3, -0.25) is 10.1 Å². The van der Waals surface area contributed by atoms with E-state index >= 15 is 0 Å². The van der Waals surface area contributed by atoms with Crippen molar-refractivity contribution in [2.75, 3.05) is 12.4 Å². The maximum Gasteiger partial charge on any atom is 0.241 e. The van der Waals surface area contributed by atoms with Gasteiger partial charge < -0.3 is 10.1 Å². The van der Waals surface area contributed by atoms with E-state index in [4.69, 9.17) is 10.00 Å². The fourth-order valence-corrected chi connectivity index (χ4v) is 2.58. The molecule has 0 aliphatic heterocycles. The number of rotatable bonds is 7. The number of amides is 1. The number of nitrogens with one attached hydrogen (secondary N) is 2. The van der Waals surface area contributed by atoms with Gasteiger partial charge in [0.25, 0.3) is 0 Å². The van der Waals surface area contributed by atoms with Gasteiger partial charge in [-0.15, -0.1) is 0 Å². The lowest BCUT2D eigenvalue weighted by Gasteiger charge is -2.22. The van der Waals surface area contributed by atoms with Crippen molar-refractivity contribution in [1.82, 2.24) is 5.32 Å². The van der Waals surface area contributed by atoms with Crippen LogP contribution < -0.4 is 15.4 Å². The van der Waals surface area contributed by atoms with E-state index in [-0.39, 0.29) is 18.0 Å². The number of carbonyl (C=O) groups excluding carboxylic acids is 1. The standard InChI is InChI=1S/C20H23N3O2/c1-4-19(16-8-10-18(25-3)11-9-16)22-14(2)20(24)23-17-7-5-6-15(12-17)13-21/h5-12,14,19,22H,4H2,1-3H3,(H,23,24)/t14-,19-/m1/s1. The first-order valence-corrected chi connectivity index (χ1v) is 8.28. The lowest BCUT2D eigenvalue weighted by Crippen LogP contribution is -2.40. The molecule has 0 bridgehead atoms. The monoisotopic (exact) mass is 337 g/mol. The summed E-state index contributed by atoms with van der Waals surface area (Å²) in [6.07, 6.45) is 0.855. The summed E-state index contributed by atoms with van der Waals surface area (Å²) in [5.74, 6) is 0.670. The molecule has 2 aromatic carbocycles. The second kappa shape index (κ2) is 8.86. The fourth-order valence-electron chi connectivity index (χ4n) is 2.58. The third-order valence-electron chi connectivity index (χ3n) is 4.03. The number of hydrogen-bond donors (Lipinski definition) is 2. The van der Waals surface area contributed by atoms with Gasteiger partial charge in [-0.05, 0) is 49.2 Å². The number of nitriles is 1. The molecule has 0 aromatic heterocycles. The average Bonchev–Trinajstić information content (AvgIpc) is 2.66. The highest BCUT2D eigenvalue weighted by Crippen LogP contribution is 2.21. The number of methoxy groups -OCH3 is 1. The third kappa shape index (κ3) is 5.07. The zero-order chi connectivity index (χ0) is 18.2. The zero-order valence-corrected chi connectivity index (χ0v) is 14.7. The van der Waals surface area contributed by atoms with E-state index in [2.05, 4.69) is 23.6 Å². The van der Waals surface area contributed by atoms with Gasteiger partial charge in [0.1, 0.15) is 5.75 Å². The van der Waals surface area contributed by atoms with E-state index in [9.17, 15) is 4.79 Å². The maximum absolute atomic E-state index is 12.4. The molecular formula is C20H23N3O2. The van der Waals surface area contributed by atoms with Gasteiger partial charge in [0, 0.05) is 11.7 Å². The highest BCUT2D eigenvalue weighted by Gasteiger charge is 2.18. The normalized spacial score (nSPS) is 12.7. The predicted molar refractivity (Wildman–Crippen MR) is 98.4 cm³/mol. The molecule has 2 atom stereocenters. The van der Waals surface area contributed by atoms with Crippen LogP contribution in [0.2, 0.25) is 0 Å². The predicted octanol–water partition coefficient (Wildman–Crippen LogP) is 3.63. The summed E-state index contributed by atoms with van der Waals surface area (Å²) in [5, 5.41) is 15.1. The van der Waals surface area contributed by atoms with Crippen molar-refractivity contribution in [2.45, 2.75) is 32.4 Å². The Labute approximate surface area is 148 Å². The number of nitrogens with zero attached hydrogens (tertiary/aromatic N) is 1. The van der Waals surface area contributed by atoms with Crippen LogP contribution >= 0.6 is 0 Å². The summed E-state index contributed by atoms with van der Waals surface area (Å²) in [4.78, 5) is 12.4. The molecule has 0 radical (unpaired) electrons. The Hall–Kier alpha value is -2.84. The minimum absolute atomic E-state index is 0.0668. The van der Waals surface area contributed by atoms with E-state index in [1.54, 1.807) is 31.4 Å². The number of carbonyl (C=O) groups is 1. The Balaban J connectivity index is 2.01. The molecule has 0 unspecified atom stereocenters. The molecule has 0 saturated heterocycles. The van der Waals surface area contributed by atoms with Gasteiger partial charge in [-0.1, -0.05) is 25.1 Å². The van der Waals surface area contributed by atoms with E-state index < -0.39 is 0 Å². The minimum atomic E-state index is -0.377. The van der Waals surface area contributed by atoms with Crippen molar-refractivity contribution < 1.29 is 9.53 Å². The fraction of sp³-hybridized carbons (Fsp3) is 0.300. The molecule has 0 fully saturated rings. The molecule has 5 heteroatoms. The Morgan fingerprint density at radius 2 is 1.96 bits per heavy atom. The lowest BCUT2D eigenvalue weighted by atomic mass is 10.0. The molecule has 2 rings (SSSR count). The third-order valence-corrected chi connectivity index (χ3v) is 4.03. The van der Waals surface area contributed by atoms with Crippen LogP contribution in [-0.2, 0) is 4.79 Å². The summed E-state index contributed by atoms with van der Waals surface area (Å²) >= 11 is 0. The van der Waals surface area contributed by atoms with Crippen LogP contribution in [0.15, 0.2) is 48.5 Å². The highest BCUT2D eigenvalue weighted by molar-refractivity contribution is 5.94. The van der Waals surface area contributed by atoms with E-state index in [0.717, 1.165) is 17.7 Å². The van der Waals surface area contributed by atoms with Gasteiger partial charge >= 0.3 is 0 Å². The number of benzene rings is 2. The molecular weight excluding hydrogens is 314 g/mol. The Morgan fingerprint density at radius 3 is 2.56 bits per heavy atom. The first-order chi connectivity index (χ1) is 12.1. The minimum Gasteiger partial charge on any atom is -0.497 e. The van der Waals surface area contributed by atoms with Crippen LogP contribution in [0.25, 0.3) is 0 Å². The smallest absolute Gasteiger partial charge is 0.241 e. The van der Waals surface area contributed by atoms with Gasteiger partial charge in [0.15, 0.2) is 0 Å². The summed E-state index contributed by atoms with van der Waals surface area (Å²) in [5.41, 5.74) is 2.24. The molecule has 0 saturated carbocycles. The van der Waals surface area contributed by atoms with Crippen LogP contribution in [0.4, 0.5) is 5.69 Å². The summed E-state index contributed by atoms with van der Waals surface area (Å²) in [6, 6.07) is 16.5. The number of hydrogen-bond acceptors (Lipinski definition) is 4. The first-order valence-electron chi connectivity index (χ1n) is 8.28. The first kappa shape index (κ1) is 18.5. The van der Waals surface area contributed by atoms with E-state index in [1.807, 2.05) is 31.2 Å². The molecule has 130 valence electrons. The Bertz CT molecular complexity index is 750. The molecule has 25 heavy (non-hydrogen) atoms. The summed E-state index contributed by atoms with van der Waals surface area (Å²) < 4.78 is 5.18. The molecule has 0 spiro atoms. The van der Waals surface area contributed by atoms with E-state index in [0.29, 0.717) is 11.3 Å². The summed E-state index contributed by atoms with van der Waals surface area (Å²) in [6.45, 7) is 3.90. The Kier molecular flexibility index (Phi) is 6.55. The maximum atomic E-state index is 12.4. The van der Waals surface area contributed by atoms with Crippen molar-refractivity contribution in [2.24, 2.45) is 0 Å². The number of anilines is 1. The van der Waals surface area contributed by atoms with Crippen molar-refractivity contribution in [1.29, 1.82) is 5.26 Å². The molecule has 2 N–H and O–H groups in total. The topological polar surface area (TPSA) is 74.2 Å². The second-order valence-corrected chi connectivity index (χ2v) is 5.80. The molecule has 2 aromatic rings. The molecule has 0 aliphatic carbocycles. The van der Waals surface area contributed by atoms with Crippen LogP contribution in [0, 0.1) is 11.3 Å². The van der Waals surface area contributed by atoms with Crippen LogP contribution in [0.1, 0.15) is 37.4 Å². The van der Waals surface area contributed by atoms with Crippen LogP contribution in [-0.4, -0.2) is 19.1 Å². The second-order valence-electron chi connectivity index (χ2n) is 5.80. The Morgan fingerprint density at radius 1 is 1.24 bits per heavy atom. The van der Waals surface area contributed by atoms with Crippen molar-refractivity contribution in [3.05, 3.63) is 59.7 Å². The highest BCUT2D eigenvalue weighted by atomic mass is 16.5. The van der Waals surface area contributed by atoms with Gasteiger partial charge in [0.2, 0.25) is 5.91 Å². The average molecular weight is 337 g/mol. The lowest BCUT2D eigenvalue weighted by molar-refractivity contribution is -0.118. The molecule has 5 nitrogen and oxygen atoms in total. The van der Waals surface area contributed by atoms with Crippen LogP contribution in [0.5, 0.6) is 5.75 Å². The van der Waals surface area contributed by atoms with Gasteiger partial charge in [-0.25, -0.2) is 0 Å². The van der Waals surface area contributed by atoms with Crippen molar-refractivity contribution in [3.8, 4) is 11.8 Å². The van der Waals surface area contributed by atoms with Crippen LogP contribution in [0.3, 0.4) is 0 Å². The van der Waals surface area contributed by atoms with Gasteiger partial charge in [0.05, 0.1) is 24.8 Å². The zero-order valence-electron chi connectivity index (χ0n) is 14.7.